The molecule has 2 aromatic rings. The number of carbonyl (C=O) groups excluding carboxylic acids is 3. The molecule has 140 valence electrons. The second-order valence-electron chi connectivity index (χ2n) is 6.02. The van der Waals surface area contributed by atoms with Crippen molar-refractivity contribution >= 4 is 52.4 Å². The summed E-state index contributed by atoms with van der Waals surface area (Å²) in [7, 11) is 0. The summed E-state index contributed by atoms with van der Waals surface area (Å²) < 4.78 is 5.06. The van der Waals surface area contributed by atoms with E-state index in [1.54, 1.807) is 42.5 Å². The van der Waals surface area contributed by atoms with E-state index in [-0.39, 0.29) is 18.9 Å². The maximum atomic E-state index is 12.3. The van der Waals surface area contributed by atoms with Crippen LogP contribution in [0.3, 0.4) is 0 Å². The van der Waals surface area contributed by atoms with E-state index >= 15 is 0 Å². The zero-order valence-corrected chi connectivity index (χ0v) is 15.7. The Bertz CT molecular complexity index is 873. The Morgan fingerprint density at radius 2 is 1.89 bits per heavy atom. The number of esters is 1. The highest BCUT2D eigenvalue weighted by Gasteiger charge is 2.37. The van der Waals surface area contributed by atoms with Gasteiger partial charge in [0, 0.05) is 23.7 Å². The van der Waals surface area contributed by atoms with Crippen molar-refractivity contribution in [2.24, 2.45) is 5.92 Å². The number of benzene rings is 2. The first-order chi connectivity index (χ1) is 12.9. The lowest BCUT2D eigenvalue weighted by Crippen LogP contribution is -2.28. The SMILES string of the molecule is O=C(COC(=O)[C@@H]1CC(=O)N(c2cc(Cl)ccc2Cl)C1)Nc1ccccc1. The summed E-state index contributed by atoms with van der Waals surface area (Å²) >= 11 is 12.1. The molecule has 1 N–H and O–H groups in total. The van der Waals surface area contributed by atoms with Crippen LogP contribution in [0.25, 0.3) is 0 Å². The second-order valence-corrected chi connectivity index (χ2v) is 6.87. The summed E-state index contributed by atoms with van der Waals surface area (Å²) in [5.41, 5.74) is 1.06. The Balaban J connectivity index is 1.56. The molecule has 1 aliphatic heterocycles. The summed E-state index contributed by atoms with van der Waals surface area (Å²) in [5.74, 6) is -1.98. The van der Waals surface area contributed by atoms with Gasteiger partial charge in [0.25, 0.3) is 5.91 Å². The summed E-state index contributed by atoms with van der Waals surface area (Å²) in [6.07, 6.45) is -0.0119. The molecule has 0 aliphatic carbocycles. The van der Waals surface area contributed by atoms with Crippen LogP contribution in [-0.2, 0) is 19.1 Å². The molecule has 2 amide bonds. The molecular formula is C19H16Cl2N2O4. The van der Waals surface area contributed by atoms with E-state index in [2.05, 4.69) is 5.32 Å². The van der Waals surface area contributed by atoms with Gasteiger partial charge in [-0.2, -0.15) is 0 Å². The minimum Gasteiger partial charge on any atom is -0.455 e. The molecule has 1 aliphatic rings. The van der Waals surface area contributed by atoms with Crippen molar-refractivity contribution in [2.45, 2.75) is 6.42 Å². The molecular weight excluding hydrogens is 391 g/mol. The smallest absolute Gasteiger partial charge is 0.311 e. The lowest BCUT2D eigenvalue weighted by Gasteiger charge is -2.18. The molecule has 0 radical (unpaired) electrons. The van der Waals surface area contributed by atoms with Crippen molar-refractivity contribution < 1.29 is 19.1 Å². The van der Waals surface area contributed by atoms with Gasteiger partial charge in [-0.3, -0.25) is 14.4 Å². The summed E-state index contributed by atoms with van der Waals surface area (Å²) in [4.78, 5) is 37.8. The maximum Gasteiger partial charge on any atom is 0.311 e. The lowest BCUT2D eigenvalue weighted by molar-refractivity contribution is -0.151. The lowest BCUT2D eigenvalue weighted by atomic mass is 10.1. The molecule has 1 heterocycles. The number of carbonyl (C=O) groups is 3. The molecule has 3 rings (SSSR count). The summed E-state index contributed by atoms with van der Waals surface area (Å²) in [5, 5.41) is 3.42. The van der Waals surface area contributed by atoms with E-state index in [0.717, 1.165) is 0 Å². The minimum atomic E-state index is -0.669. The first-order valence-corrected chi connectivity index (χ1v) is 8.96. The van der Waals surface area contributed by atoms with Gasteiger partial charge in [-0.15, -0.1) is 0 Å². The molecule has 0 spiro atoms. The zero-order valence-electron chi connectivity index (χ0n) is 14.2. The number of anilines is 2. The summed E-state index contributed by atoms with van der Waals surface area (Å²) in [6, 6.07) is 13.6. The van der Waals surface area contributed by atoms with E-state index in [9.17, 15) is 14.4 Å². The van der Waals surface area contributed by atoms with Crippen LogP contribution in [0.15, 0.2) is 48.5 Å². The second kappa shape index (κ2) is 8.41. The molecule has 0 aromatic heterocycles. The fourth-order valence-electron chi connectivity index (χ4n) is 2.76. The molecule has 6 nitrogen and oxygen atoms in total. The number of hydrogen-bond donors (Lipinski definition) is 1. The monoisotopic (exact) mass is 406 g/mol. The zero-order chi connectivity index (χ0) is 19.4. The van der Waals surface area contributed by atoms with Gasteiger partial charge in [-0.25, -0.2) is 0 Å². The molecule has 1 saturated heterocycles. The fourth-order valence-corrected chi connectivity index (χ4v) is 3.15. The van der Waals surface area contributed by atoms with E-state index in [1.165, 1.54) is 4.90 Å². The molecule has 2 aromatic carbocycles. The van der Waals surface area contributed by atoms with Crippen molar-refractivity contribution in [1.82, 2.24) is 0 Å². The first kappa shape index (κ1) is 19.2. The third-order valence-corrected chi connectivity index (χ3v) is 4.62. The Kier molecular flexibility index (Phi) is 5.98. The van der Waals surface area contributed by atoms with Crippen LogP contribution >= 0.6 is 23.2 Å². The molecule has 1 fully saturated rings. The van der Waals surface area contributed by atoms with Crippen molar-refractivity contribution in [1.29, 1.82) is 0 Å². The molecule has 0 saturated carbocycles. The maximum absolute atomic E-state index is 12.3. The number of para-hydroxylation sites is 1. The van der Waals surface area contributed by atoms with Gasteiger partial charge in [0.1, 0.15) is 0 Å². The van der Waals surface area contributed by atoms with Gasteiger partial charge in [0.05, 0.1) is 16.6 Å². The van der Waals surface area contributed by atoms with Crippen LogP contribution in [0.2, 0.25) is 10.0 Å². The van der Waals surface area contributed by atoms with Gasteiger partial charge >= 0.3 is 5.97 Å². The largest absolute Gasteiger partial charge is 0.455 e. The van der Waals surface area contributed by atoms with Crippen molar-refractivity contribution in [3.8, 4) is 0 Å². The Morgan fingerprint density at radius 3 is 2.63 bits per heavy atom. The fraction of sp³-hybridized carbons (Fsp3) is 0.211. The van der Waals surface area contributed by atoms with Crippen molar-refractivity contribution in [2.75, 3.05) is 23.4 Å². The average Bonchev–Trinajstić information content (AvgIpc) is 3.04. The Labute approximate surface area is 166 Å². The van der Waals surface area contributed by atoms with Crippen LogP contribution < -0.4 is 10.2 Å². The molecule has 27 heavy (non-hydrogen) atoms. The van der Waals surface area contributed by atoms with Gasteiger partial charge in [-0.1, -0.05) is 41.4 Å². The van der Waals surface area contributed by atoms with E-state index in [1.807, 2.05) is 6.07 Å². The standard InChI is InChI=1S/C19H16Cl2N2O4/c20-13-6-7-15(21)16(9-13)23-10-12(8-18(23)25)19(26)27-11-17(24)22-14-4-2-1-3-5-14/h1-7,9,12H,8,10-11H2,(H,22,24)/t12-/m1/s1. The Hall–Kier alpha value is -2.57. The van der Waals surface area contributed by atoms with Gasteiger partial charge in [0.2, 0.25) is 5.91 Å². The van der Waals surface area contributed by atoms with Crippen molar-refractivity contribution in [3.63, 3.8) is 0 Å². The highest BCUT2D eigenvalue weighted by Crippen LogP contribution is 2.33. The van der Waals surface area contributed by atoms with E-state index in [0.29, 0.717) is 21.4 Å². The van der Waals surface area contributed by atoms with Crippen LogP contribution in [-0.4, -0.2) is 30.9 Å². The molecule has 8 heteroatoms. The molecule has 1 atom stereocenters. The first-order valence-electron chi connectivity index (χ1n) is 8.21. The van der Waals surface area contributed by atoms with Crippen LogP contribution in [0.1, 0.15) is 6.42 Å². The number of ether oxygens (including phenoxy) is 1. The van der Waals surface area contributed by atoms with Crippen molar-refractivity contribution in [3.05, 3.63) is 58.6 Å². The third-order valence-electron chi connectivity index (χ3n) is 4.06. The summed E-state index contributed by atoms with van der Waals surface area (Å²) in [6.45, 7) is -0.297. The molecule has 0 bridgehead atoms. The van der Waals surface area contributed by atoms with Crippen LogP contribution in [0.4, 0.5) is 11.4 Å². The van der Waals surface area contributed by atoms with Crippen LogP contribution in [0.5, 0.6) is 0 Å². The average molecular weight is 407 g/mol. The number of hydrogen-bond acceptors (Lipinski definition) is 4. The minimum absolute atomic E-state index is 0.0119. The topological polar surface area (TPSA) is 75.7 Å². The van der Waals surface area contributed by atoms with Gasteiger partial charge in [0.15, 0.2) is 6.61 Å². The number of nitrogens with zero attached hydrogens (tertiary/aromatic N) is 1. The predicted octanol–water partition coefficient (Wildman–Crippen LogP) is 3.53. The molecule has 0 unspecified atom stereocenters. The van der Waals surface area contributed by atoms with E-state index in [4.69, 9.17) is 27.9 Å². The highest BCUT2D eigenvalue weighted by atomic mass is 35.5. The number of halogens is 2. The number of rotatable bonds is 5. The normalized spacial score (nSPS) is 16.3. The van der Waals surface area contributed by atoms with Gasteiger partial charge < -0.3 is 15.0 Å². The van der Waals surface area contributed by atoms with Gasteiger partial charge in [-0.05, 0) is 30.3 Å². The quantitative estimate of drug-likeness (QED) is 0.770. The van der Waals surface area contributed by atoms with E-state index < -0.39 is 24.4 Å². The third kappa shape index (κ3) is 4.78. The number of nitrogens with one attached hydrogen (secondary N) is 1. The predicted molar refractivity (Wildman–Crippen MR) is 103 cm³/mol. The van der Waals surface area contributed by atoms with Crippen LogP contribution in [0, 0.1) is 5.92 Å². The number of amides is 2. The Morgan fingerprint density at radius 1 is 1.15 bits per heavy atom. The highest BCUT2D eigenvalue weighted by molar-refractivity contribution is 6.35.